The summed E-state index contributed by atoms with van der Waals surface area (Å²) in [5.74, 6) is 0.152. The van der Waals surface area contributed by atoms with Crippen LogP contribution < -0.4 is 14.4 Å². The van der Waals surface area contributed by atoms with E-state index in [4.69, 9.17) is 25.8 Å². The van der Waals surface area contributed by atoms with Gasteiger partial charge in [0.1, 0.15) is 18.5 Å². The Morgan fingerprint density at radius 1 is 1.02 bits per heavy atom. The van der Waals surface area contributed by atoms with E-state index in [0.717, 1.165) is 62.9 Å². The van der Waals surface area contributed by atoms with Gasteiger partial charge in [-0.15, -0.1) is 0 Å². The van der Waals surface area contributed by atoms with Crippen molar-refractivity contribution in [3.05, 3.63) is 64.7 Å². The Balaban J connectivity index is 1.21. The molecule has 53 heavy (non-hydrogen) atoms. The van der Waals surface area contributed by atoms with Gasteiger partial charge in [-0.3, -0.25) is 14.6 Å². The lowest BCUT2D eigenvalue weighted by atomic mass is 9.70. The van der Waals surface area contributed by atoms with E-state index in [-0.39, 0.29) is 28.9 Å². The zero-order chi connectivity index (χ0) is 37.3. The molecule has 2 aromatic carbocycles. The van der Waals surface area contributed by atoms with Crippen LogP contribution in [-0.2, 0) is 37.3 Å². The molecule has 7 rings (SSSR count). The van der Waals surface area contributed by atoms with Crippen molar-refractivity contribution in [3.8, 4) is 5.75 Å². The second-order valence-corrected chi connectivity index (χ2v) is 17.7. The number of sulfonamides is 1. The van der Waals surface area contributed by atoms with Gasteiger partial charge in [-0.25, -0.2) is 17.9 Å². The summed E-state index contributed by atoms with van der Waals surface area (Å²) in [6.07, 6.45) is 7.55. The first-order chi connectivity index (χ1) is 25.4. The van der Waals surface area contributed by atoms with Crippen molar-refractivity contribution in [1.82, 2.24) is 19.4 Å². The number of fused-ring (bicyclic) bond motifs is 4. The SMILES string of the molecule is CN1C/C=C/[C@H](OC(=O)N2CCN3CCOC[C@H]3C2)[C@@H]2CC[C@H]2CN2CCCCc3cc(Cl)ccc3COc3ccc(cc32)S(=O)(=O)NC(=O)C1(C)C. The lowest BCUT2D eigenvalue weighted by Crippen LogP contribution is -2.59. The van der Waals surface area contributed by atoms with Gasteiger partial charge < -0.3 is 24.0 Å². The van der Waals surface area contributed by atoms with Crippen LogP contribution >= 0.6 is 11.6 Å². The third-order valence-corrected chi connectivity index (χ3v) is 13.5. The van der Waals surface area contributed by atoms with E-state index in [2.05, 4.69) is 14.5 Å². The lowest BCUT2D eigenvalue weighted by molar-refractivity contribution is -0.128. The van der Waals surface area contributed by atoms with Gasteiger partial charge in [0.2, 0.25) is 0 Å². The maximum absolute atomic E-state index is 13.8. The smallest absolute Gasteiger partial charge is 0.410 e. The minimum atomic E-state index is -4.22. The van der Waals surface area contributed by atoms with Crippen molar-refractivity contribution in [2.24, 2.45) is 11.8 Å². The standard InChI is InChI=1S/C39H52ClN5O7S/c1-39(2)37(46)41-53(48,49)32-12-14-36-34(22-32)44(16-5-4-7-27-21-30(40)11-9-29(27)25-51-36)23-28-10-13-33(28)35(8-6-15-42(39)3)52-38(47)45-18-17-43-19-20-50-26-31(43)24-45/h6,8-9,11-12,14,21-22,28,31,33,35H,4-5,7,10,13,15-20,23-26H2,1-3H3,(H,41,46)/b8-6+/t28-,31+,33+,35-/m0/s1. The molecule has 0 aromatic heterocycles. The van der Waals surface area contributed by atoms with Crippen LogP contribution in [0.3, 0.4) is 0 Å². The molecule has 0 spiro atoms. The van der Waals surface area contributed by atoms with Gasteiger partial charge >= 0.3 is 6.09 Å². The van der Waals surface area contributed by atoms with Crippen LogP contribution in [0, 0.1) is 11.8 Å². The van der Waals surface area contributed by atoms with E-state index in [0.29, 0.717) is 62.4 Å². The number of hydrogen-bond acceptors (Lipinski definition) is 10. The minimum absolute atomic E-state index is 0.00822. The first-order valence-corrected chi connectivity index (χ1v) is 20.8. The molecule has 4 atom stereocenters. The molecule has 14 heteroatoms. The topological polar surface area (TPSA) is 121 Å². The number of halogens is 1. The summed E-state index contributed by atoms with van der Waals surface area (Å²) in [6, 6.07) is 10.8. The monoisotopic (exact) mass is 769 g/mol. The second-order valence-electron chi connectivity index (χ2n) is 15.6. The van der Waals surface area contributed by atoms with Crippen molar-refractivity contribution >= 4 is 39.3 Å². The second kappa shape index (κ2) is 15.8. The first-order valence-electron chi connectivity index (χ1n) is 18.9. The van der Waals surface area contributed by atoms with Crippen molar-refractivity contribution in [1.29, 1.82) is 0 Å². The van der Waals surface area contributed by atoms with Gasteiger partial charge in [0, 0.05) is 56.8 Å². The molecule has 2 aromatic rings. The molecule has 4 heterocycles. The van der Waals surface area contributed by atoms with E-state index < -0.39 is 27.6 Å². The highest BCUT2D eigenvalue weighted by molar-refractivity contribution is 7.90. The van der Waals surface area contributed by atoms with Crippen LogP contribution in [-0.4, -0.2) is 119 Å². The van der Waals surface area contributed by atoms with Crippen molar-refractivity contribution in [3.63, 3.8) is 0 Å². The van der Waals surface area contributed by atoms with Gasteiger partial charge in [0.05, 0.1) is 35.4 Å². The van der Waals surface area contributed by atoms with Crippen LogP contribution in [0.25, 0.3) is 0 Å². The van der Waals surface area contributed by atoms with Gasteiger partial charge in [-0.05, 0) is 106 Å². The van der Waals surface area contributed by atoms with Crippen LogP contribution in [0.2, 0.25) is 5.02 Å². The highest BCUT2D eigenvalue weighted by atomic mass is 35.5. The average molecular weight is 770 g/mol. The Labute approximate surface area is 318 Å². The summed E-state index contributed by atoms with van der Waals surface area (Å²) >= 11 is 6.38. The van der Waals surface area contributed by atoms with Crippen molar-refractivity contribution in [2.45, 2.75) is 75.1 Å². The predicted octanol–water partition coefficient (Wildman–Crippen LogP) is 4.69. The summed E-state index contributed by atoms with van der Waals surface area (Å²) in [5.41, 5.74) is 1.65. The van der Waals surface area contributed by atoms with Crippen LogP contribution in [0.4, 0.5) is 10.5 Å². The quantitative estimate of drug-likeness (QED) is 0.409. The predicted molar refractivity (Wildman–Crippen MR) is 203 cm³/mol. The first kappa shape index (κ1) is 37.9. The third-order valence-electron chi connectivity index (χ3n) is 12.0. The number of morpholine rings is 1. The fourth-order valence-corrected chi connectivity index (χ4v) is 9.38. The normalized spacial score (nSPS) is 28.7. The summed E-state index contributed by atoms with van der Waals surface area (Å²) in [6.45, 7) is 9.51. The number of carbonyl (C=O) groups excluding carboxylic acids is 2. The lowest BCUT2D eigenvalue weighted by Gasteiger charge is -2.45. The van der Waals surface area contributed by atoms with E-state index in [1.807, 2.05) is 35.3 Å². The number of rotatable bonds is 1. The molecule has 12 nitrogen and oxygen atoms in total. The van der Waals surface area contributed by atoms with Gasteiger partial charge in [-0.2, -0.15) is 0 Å². The Bertz CT molecular complexity index is 1820. The largest absolute Gasteiger partial charge is 0.487 e. The maximum Gasteiger partial charge on any atom is 0.410 e. The van der Waals surface area contributed by atoms with Crippen LogP contribution in [0.1, 0.15) is 50.7 Å². The molecule has 4 aliphatic heterocycles. The minimum Gasteiger partial charge on any atom is -0.487 e. The van der Waals surface area contributed by atoms with Gasteiger partial charge in [-0.1, -0.05) is 23.7 Å². The number of aryl methyl sites for hydroxylation is 1. The molecule has 3 fully saturated rings. The van der Waals surface area contributed by atoms with Crippen molar-refractivity contribution < 1.29 is 32.2 Å². The molecular formula is C39H52ClN5O7S. The highest BCUT2D eigenvalue weighted by Crippen LogP contribution is 2.42. The number of ether oxygens (including phenoxy) is 3. The van der Waals surface area contributed by atoms with Gasteiger partial charge in [0.25, 0.3) is 15.9 Å². The molecule has 0 unspecified atom stereocenters. The molecule has 1 N–H and O–H groups in total. The highest BCUT2D eigenvalue weighted by Gasteiger charge is 2.42. The number of nitrogens with zero attached hydrogens (tertiary/aromatic N) is 4. The number of amides is 2. The van der Waals surface area contributed by atoms with Gasteiger partial charge in [0.15, 0.2) is 0 Å². The molecule has 2 amide bonds. The zero-order valence-electron chi connectivity index (χ0n) is 31.0. The van der Waals surface area contributed by atoms with E-state index in [9.17, 15) is 18.0 Å². The Kier molecular flexibility index (Phi) is 11.3. The molecule has 5 aliphatic rings. The number of nitrogens with one attached hydrogen (secondary N) is 1. The summed E-state index contributed by atoms with van der Waals surface area (Å²) < 4.78 is 48.5. The number of benzene rings is 2. The number of hydrogen-bond donors (Lipinski definition) is 1. The summed E-state index contributed by atoms with van der Waals surface area (Å²) in [5, 5.41) is 0.682. The number of anilines is 1. The zero-order valence-corrected chi connectivity index (χ0v) is 32.5. The molecule has 288 valence electrons. The van der Waals surface area contributed by atoms with Crippen LogP contribution in [0.15, 0.2) is 53.4 Å². The molecule has 2 saturated heterocycles. The number of carbonyl (C=O) groups is 2. The van der Waals surface area contributed by atoms with E-state index in [1.54, 1.807) is 37.9 Å². The number of likely N-dealkylation sites (N-methyl/N-ethyl adjacent to an activating group) is 1. The Hall–Kier alpha value is -3.36. The molecule has 0 radical (unpaired) electrons. The molecule has 2 bridgehead atoms. The van der Waals surface area contributed by atoms with E-state index >= 15 is 0 Å². The fraction of sp³-hybridized carbons (Fsp3) is 0.590. The van der Waals surface area contributed by atoms with Crippen LogP contribution in [0.5, 0.6) is 5.75 Å². The molecule has 1 saturated carbocycles. The molecular weight excluding hydrogens is 718 g/mol. The average Bonchev–Trinajstić information content (AvgIpc) is 3.15. The number of piperazine rings is 1. The molecule has 1 aliphatic carbocycles. The summed E-state index contributed by atoms with van der Waals surface area (Å²) in [7, 11) is -2.44. The Morgan fingerprint density at radius 3 is 2.68 bits per heavy atom. The van der Waals surface area contributed by atoms with Crippen molar-refractivity contribution in [2.75, 3.05) is 71.0 Å². The third kappa shape index (κ3) is 8.34. The Morgan fingerprint density at radius 2 is 1.87 bits per heavy atom. The maximum atomic E-state index is 13.8. The fourth-order valence-electron chi connectivity index (χ4n) is 8.06. The summed E-state index contributed by atoms with van der Waals surface area (Å²) in [4.78, 5) is 35.6. The van der Waals surface area contributed by atoms with E-state index in [1.165, 1.54) is 6.07 Å².